The van der Waals surface area contributed by atoms with E-state index in [1.165, 1.54) is 11.4 Å². The number of fused-ring (bicyclic) bond motifs is 2. The number of nitrogens with zero attached hydrogens (tertiary/aromatic N) is 3. The molecule has 0 saturated heterocycles. The monoisotopic (exact) mass is 300 g/mol. The van der Waals surface area contributed by atoms with Crippen molar-refractivity contribution in [1.29, 1.82) is 0 Å². The molecule has 5 nitrogen and oxygen atoms in total. The molecule has 1 aromatic carbocycles. The van der Waals surface area contributed by atoms with Crippen molar-refractivity contribution in [2.45, 2.75) is 19.9 Å². The molecule has 0 bridgehead atoms. The maximum Gasteiger partial charge on any atom is 0.186 e. The Balaban J connectivity index is 1.71. The summed E-state index contributed by atoms with van der Waals surface area (Å²) in [5.41, 5.74) is 3.41. The molecule has 0 radical (unpaired) electrons. The number of methoxy groups -OCH3 is 1. The zero-order chi connectivity index (χ0) is 14.4. The van der Waals surface area contributed by atoms with Crippen molar-refractivity contribution >= 4 is 26.7 Å². The maximum atomic E-state index is 5.42. The highest BCUT2D eigenvalue weighted by Crippen LogP contribution is 2.36. The Morgan fingerprint density at radius 2 is 2.24 bits per heavy atom. The molecule has 4 rings (SSSR count). The zero-order valence-corrected chi connectivity index (χ0v) is 12.8. The molecule has 0 spiro atoms. The van der Waals surface area contributed by atoms with Gasteiger partial charge in [-0.05, 0) is 19.1 Å². The molecule has 3 aromatic rings. The number of imidazole rings is 1. The Labute approximate surface area is 126 Å². The number of ether oxygens (including phenoxy) is 1. The first kappa shape index (κ1) is 12.6. The van der Waals surface area contributed by atoms with Gasteiger partial charge < -0.3 is 14.6 Å². The van der Waals surface area contributed by atoms with Crippen molar-refractivity contribution in [3.63, 3.8) is 0 Å². The number of rotatable bonds is 2. The molecule has 0 fully saturated rings. The predicted octanol–water partition coefficient (Wildman–Crippen LogP) is 2.90. The smallest absolute Gasteiger partial charge is 0.186 e. The Hall–Kier alpha value is -2.08. The predicted molar refractivity (Wildman–Crippen MR) is 84.3 cm³/mol. The summed E-state index contributed by atoms with van der Waals surface area (Å²) in [6.45, 7) is 3.81. The van der Waals surface area contributed by atoms with Gasteiger partial charge in [-0.25, -0.2) is 9.97 Å². The van der Waals surface area contributed by atoms with Crippen molar-refractivity contribution < 1.29 is 4.74 Å². The van der Waals surface area contributed by atoms with E-state index in [9.17, 15) is 0 Å². The van der Waals surface area contributed by atoms with E-state index in [1.54, 1.807) is 18.4 Å². The van der Waals surface area contributed by atoms with Crippen molar-refractivity contribution in [1.82, 2.24) is 15.0 Å². The number of aryl methyl sites for hydroxylation is 1. The molecule has 3 heterocycles. The van der Waals surface area contributed by atoms with Crippen LogP contribution in [0.5, 0.6) is 5.75 Å². The number of hydrogen-bond donors (Lipinski definition) is 1. The van der Waals surface area contributed by atoms with E-state index in [0.717, 1.165) is 46.4 Å². The van der Waals surface area contributed by atoms with Gasteiger partial charge in [0.05, 0.1) is 35.3 Å². The van der Waals surface area contributed by atoms with Gasteiger partial charge in [0.15, 0.2) is 5.13 Å². The van der Waals surface area contributed by atoms with Crippen molar-refractivity contribution in [2.75, 3.05) is 18.6 Å². The number of hydrogen-bond acceptors (Lipinski definition) is 5. The fourth-order valence-electron chi connectivity index (χ4n) is 2.81. The quantitative estimate of drug-likeness (QED) is 0.790. The van der Waals surface area contributed by atoms with E-state index in [1.807, 2.05) is 25.1 Å². The average molecular weight is 300 g/mol. The van der Waals surface area contributed by atoms with Crippen LogP contribution in [0, 0.1) is 6.92 Å². The van der Waals surface area contributed by atoms with Gasteiger partial charge >= 0.3 is 0 Å². The fourth-order valence-corrected chi connectivity index (χ4v) is 3.89. The second-order valence-corrected chi connectivity index (χ2v) is 6.20. The van der Waals surface area contributed by atoms with Crippen LogP contribution in [-0.2, 0) is 13.0 Å². The first-order chi connectivity index (χ1) is 10.2. The van der Waals surface area contributed by atoms with Gasteiger partial charge in [0.2, 0.25) is 0 Å². The number of aromatic amines is 1. The number of aromatic nitrogens is 3. The lowest BCUT2D eigenvalue weighted by Gasteiger charge is -2.25. The Bertz CT molecular complexity index is 807. The highest BCUT2D eigenvalue weighted by Gasteiger charge is 2.22. The lowest BCUT2D eigenvalue weighted by Crippen LogP contribution is -2.30. The van der Waals surface area contributed by atoms with Crippen LogP contribution in [0.25, 0.3) is 10.2 Å². The normalized spacial score (nSPS) is 14.5. The van der Waals surface area contributed by atoms with Crippen molar-refractivity contribution in [2.24, 2.45) is 0 Å². The summed E-state index contributed by atoms with van der Waals surface area (Å²) in [5.74, 6) is 1.89. The summed E-state index contributed by atoms with van der Waals surface area (Å²) in [6, 6.07) is 6.00. The van der Waals surface area contributed by atoms with Crippen LogP contribution in [0.15, 0.2) is 18.2 Å². The van der Waals surface area contributed by atoms with Gasteiger partial charge in [0, 0.05) is 13.0 Å². The van der Waals surface area contributed by atoms with E-state index < -0.39 is 0 Å². The zero-order valence-electron chi connectivity index (χ0n) is 12.0. The van der Waals surface area contributed by atoms with E-state index >= 15 is 0 Å². The lowest BCUT2D eigenvalue weighted by molar-refractivity contribution is 0.420. The van der Waals surface area contributed by atoms with Gasteiger partial charge in [-0.2, -0.15) is 0 Å². The van der Waals surface area contributed by atoms with Crippen LogP contribution in [0.1, 0.15) is 17.2 Å². The van der Waals surface area contributed by atoms with E-state index in [2.05, 4.69) is 14.9 Å². The molecular weight excluding hydrogens is 284 g/mol. The third kappa shape index (κ3) is 2.06. The number of anilines is 1. The highest BCUT2D eigenvalue weighted by molar-refractivity contribution is 7.22. The summed E-state index contributed by atoms with van der Waals surface area (Å²) in [7, 11) is 1.70. The fraction of sp³-hybridized carbons (Fsp3) is 0.333. The molecule has 1 N–H and O–H groups in total. The van der Waals surface area contributed by atoms with Crippen molar-refractivity contribution in [3.8, 4) is 5.75 Å². The van der Waals surface area contributed by atoms with E-state index in [4.69, 9.17) is 9.72 Å². The minimum atomic E-state index is 0.846. The van der Waals surface area contributed by atoms with E-state index in [0.29, 0.717) is 0 Å². The SMILES string of the molecule is COc1cccc2nc(N3CCc4nc(C)[nH]c4C3)sc12. The Morgan fingerprint density at radius 3 is 3.10 bits per heavy atom. The second kappa shape index (κ2) is 4.73. The Kier molecular flexibility index (Phi) is 2.85. The standard InChI is InChI=1S/C15H16N4OS/c1-9-16-10-6-7-19(8-12(10)17-9)15-18-11-4-3-5-13(20-2)14(11)21-15/h3-5H,6-8H2,1-2H3,(H,16,17). The molecule has 21 heavy (non-hydrogen) atoms. The van der Waals surface area contributed by atoms with Crippen LogP contribution in [0.4, 0.5) is 5.13 Å². The molecule has 0 aliphatic carbocycles. The van der Waals surface area contributed by atoms with Crippen LogP contribution in [0.3, 0.4) is 0 Å². The molecule has 2 aromatic heterocycles. The van der Waals surface area contributed by atoms with Gasteiger partial charge in [-0.3, -0.25) is 0 Å². The van der Waals surface area contributed by atoms with Gasteiger partial charge in [0.1, 0.15) is 11.6 Å². The Morgan fingerprint density at radius 1 is 1.33 bits per heavy atom. The number of benzene rings is 1. The van der Waals surface area contributed by atoms with Gasteiger partial charge in [-0.1, -0.05) is 17.4 Å². The average Bonchev–Trinajstić information content (AvgIpc) is 3.07. The van der Waals surface area contributed by atoms with E-state index in [-0.39, 0.29) is 0 Å². The number of H-pyrrole nitrogens is 1. The summed E-state index contributed by atoms with van der Waals surface area (Å²) >= 11 is 1.69. The largest absolute Gasteiger partial charge is 0.495 e. The first-order valence-electron chi connectivity index (χ1n) is 6.97. The minimum absolute atomic E-state index is 0.846. The molecule has 0 amide bonds. The molecular formula is C15H16N4OS. The summed E-state index contributed by atoms with van der Waals surface area (Å²) in [5, 5.41) is 1.05. The molecule has 0 unspecified atom stereocenters. The molecule has 6 heteroatoms. The molecule has 0 atom stereocenters. The summed E-state index contributed by atoms with van der Waals surface area (Å²) < 4.78 is 6.54. The van der Waals surface area contributed by atoms with Gasteiger partial charge in [0.25, 0.3) is 0 Å². The van der Waals surface area contributed by atoms with Gasteiger partial charge in [-0.15, -0.1) is 0 Å². The van der Waals surface area contributed by atoms with Crippen LogP contribution >= 0.6 is 11.3 Å². The maximum absolute atomic E-state index is 5.42. The van der Waals surface area contributed by atoms with Crippen LogP contribution in [-0.4, -0.2) is 28.6 Å². The number of thiazole rings is 1. The molecule has 108 valence electrons. The third-order valence-electron chi connectivity index (χ3n) is 3.81. The lowest BCUT2D eigenvalue weighted by atomic mass is 10.1. The summed E-state index contributed by atoms with van der Waals surface area (Å²) in [4.78, 5) is 14.9. The highest BCUT2D eigenvalue weighted by atomic mass is 32.1. The summed E-state index contributed by atoms with van der Waals surface area (Å²) in [6.07, 6.45) is 0.965. The molecule has 0 saturated carbocycles. The third-order valence-corrected chi connectivity index (χ3v) is 4.95. The van der Waals surface area contributed by atoms with Crippen LogP contribution in [0.2, 0.25) is 0 Å². The van der Waals surface area contributed by atoms with Crippen LogP contribution < -0.4 is 9.64 Å². The number of nitrogens with one attached hydrogen (secondary N) is 1. The topological polar surface area (TPSA) is 54.0 Å². The minimum Gasteiger partial charge on any atom is -0.495 e. The second-order valence-electron chi connectivity index (χ2n) is 5.22. The molecule has 1 aliphatic heterocycles. The van der Waals surface area contributed by atoms with Crippen molar-refractivity contribution in [3.05, 3.63) is 35.4 Å². The first-order valence-corrected chi connectivity index (χ1v) is 7.79. The molecule has 1 aliphatic rings.